The maximum Gasteiger partial charge on any atom is 0.320 e. The number of nitrogens with zero attached hydrogens (tertiary/aromatic N) is 9. The number of piperidine rings is 2. The van der Waals surface area contributed by atoms with Crippen molar-refractivity contribution >= 4 is 52.8 Å². The van der Waals surface area contributed by atoms with Gasteiger partial charge in [0.25, 0.3) is 11.8 Å². The molecule has 8 rings (SSSR count). The number of benzene rings is 1. The van der Waals surface area contributed by atoms with Crippen LogP contribution in [0.25, 0.3) is 0 Å². The van der Waals surface area contributed by atoms with Crippen LogP contribution in [-0.2, 0) is 22.6 Å². The summed E-state index contributed by atoms with van der Waals surface area (Å²) in [5.41, 5.74) is 9.20. The first kappa shape index (κ1) is 38.1. The van der Waals surface area contributed by atoms with Crippen LogP contribution in [0.15, 0.2) is 42.7 Å². The summed E-state index contributed by atoms with van der Waals surface area (Å²) >= 11 is 0. The van der Waals surface area contributed by atoms with E-state index in [0.717, 1.165) is 94.9 Å². The van der Waals surface area contributed by atoms with E-state index < -0.39 is 11.9 Å². The van der Waals surface area contributed by atoms with E-state index in [9.17, 15) is 24.0 Å². The lowest BCUT2D eigenvalue weighted by molar-refractivity contribution is -0.136. The predicted octanol–water partition coefficient (Wildman–Crippen LogP) is 1.96. The number of imide groups is 1. The Balaban J connectivity index is 0.810. The smallest absolute Gasteiger partial charge is 0.320 e. The fraction of sp³-hybridized carbons (Fsp3) is 0.500. The zero-order valence-electron chi connectivity index (χ0n) is 32.4. The number of rotatable bonds is 12. The van der Waals surface area contributed by atoms with Gasteiger partial charge in [-0.15, -0.1) is 0 Å². The number of primary amides is 1. The molecule has 4 N–H and O–H groups in total. The van der Waals surface area contributed by atoms with Gasteiger partial charge < -0.3 is 35.6 Å². The SMILES string of the molecule is CN1CCN([C@H]2CCCN(c3cnc(C(N)=O)c(Nc4ccc(N5CCN(CCCCc6cccc7c6CN(C6CCC(=O)NC6=O)C7=O)CC5)nc4)n3)C2)C1=O. The Morgan fingerprint density at radius 3 is 2.47 bits per heavy atom. The Kier molecular flexibility index (Phi) is 10.9. The van der Waals surface area contributed by atoms with E-state index in [1.165, 1.54) is 0 Å². The highest BCUT2D eigenvalue weighted by atomic mass is 16.2. The molecule has 17 nitrogen and oxygen atoms in total. The lowest BCUT2D eigenvalue weighted by atomic mass is 9.98. The van der Waals surface area contributed by atoms with Gasteiger partial charge in [0.15, 0.2) is 11.5 Å². The van der Waals surface area contributed by atoms with Gasteiger partial charge in [-0.1, -0.05) is 12.1 Å². The Hall–Kier alpha value is -5.84. The number of pyridine rings is 1. The standard InChI is InChI=1S/C40H50N12O5/c1-47-16-21-51(40(47)57)28-8-5-15-50(24-28)33-23-43-35(36(41)54)37(45-33)44-27-10-12-32(42-22-27)49-19-17-48(18-20-49)14-3-2-6-26-7-4-9-29-30(26)25-52(39(29)56)31-11-13-34(53)46-38(31)55/h4,7,9-10,12,22-23,28,31H,2-3,5-6,8,11,13-21,24-25H2,1H3,(H2,41,54)(H,44,45)(H,46,53,55)/t28-,31?/m0/s1. The van der Waals surface area contributed by atoms with Crippen LogP contribution in [-0.4, -0.2) is 142 Å². The third-order valence-corrected chi connectivity index (χ3v) is 12.0. The largest absolute Gasteiger partial charge is 0.364 e. The molecular formula is C40H50N12O5. The number of aromatic nitrogens is 3. The highest BCUT2D eigenvalue weighted by molar-refractivity contribution is 6.05. The van der Waals surface area contributed by atoms with Crippen molar-refractivity contribution in [2.45, 2.75) is 63.6 Å². The van der Waals surface area contributed by atoms with Gasteiger partial charge in [0.2, 0.25) is 11.8 Å². The number of aryl methyl sites for hydroxylation is 1. The predicted molar refractivity (Wildman–Crippen MR) is 212 cm³/mol. The number of carbonyl (C=O) groups is 5. The normalized spacial score (nSPS) is 21.7. The molecule has 4 fully saturated rings. The molecular weight excluding hydrogens is 729 g/mol. The lowest BCUT2D eigenvalue weighted by Gasteiger charge is -2.37. The Labute approximate surface area is 331 Å². The highest BCUT2D eigenvalue weighted by Gasteiger charge is 2.40. The van der Waals surface area contributed by atoms with Crippen LogP contribution >= 0.6 is 0 Å². The van der Waals surface area contributed by atoms with Gasteiger partial charge in [-0.3, -0.25) is 29.4 Å². The van der Waals surface area contributed by atoms with E-state index in [-0.39, 0.29) is 47.7 Å². The van der Waals surface area contributed by atoms with Crippen molar-refractivity contribution in [1.82, 2.24) is 39.9 Å². The molecule has 0 aliphatic carbocycles. The lowest BCUT2D eigenvalue weighted by Crippen LogP contribution is -2.52. The van der Waals surface area contributed by atoms with Crippen LogP contribution in [0.1, 0.15) is 70.5 Å². The van der Waals surface area contributed by atoms with Crippen LogP contribution in [0.3, 0.4) is 0 Å². The van der Waals surface area contributed by atoms with Gasteiger partial charge in [0, 0.05) is 77.9 Å². The minimum Gasteiger partial charge on any atom is -0.364 e. The topological polar surface area (TPSA) is 194 Å². The molecule has 57 heavy (non-hydrogen) atoms. The Morgan fingerprint density at radius 2 is 1.74 bits per heavy atom. The number of hydrogen-bond donors (Lipinski definition) is 3. The third kappa shape index (κ3) is 8.06. The van der Waals surface area contributed by atoms with Crippen LogP contribution in [0.4, 0.5) is 27.9 Å². The molecule has 0 spiro atoms. The maximum absolute atomic E-state index is 13.2. The molecule has 7 heterocycles. The fourth-order valence-electron chi connectivity index (χ4n) is 8.74. The summed E-state index contributed by atoms with van der Waals surface area (Å²) in [6.07, 6.45) is 8.62. The number of hydrogen-bond acceptors (Lipinski definition) is 12. The molecule has 0 radical (unpaired) electrons. The van der Waals surface area contributed by atoms with Crippen LogP contribution < -0.4 is 26.2 Å². The Bertz CT molecular complexity index is 2040. The number of nitrogens with two attached hydrogens (primary N) is 1. The van der Waals surface area contributed by atoms with Gasteiger partial charge >= 0.3 is 6.03 Å². The number of fused-ring (bicyclic) bond motifs is 1. The fourth-order valence-corrected chi connectivity index (χ4v) is 8.74. The number of piperazine rings is 1. The first-order chi connectivity index (χ1) is 27.6. The van der Waals surface area contributed by atoms with Crippen LogP contribution in [0, 0.1) is 0 Å². The second-order valence-electron chi connectivity index (χ2n) is 15.6. The van der Waals surface area contributed by atoms with Crippen molar-refractivity contribution in [2.24, 2.45) is 5.73 Å². The number of amides is 6. The first-order valence-electron chi connectivity index (χ1n) is 20.0. The molecule has 5 aliphatic rings. The van der Waals surface area contributed by atoms with E-state index in [4.69, 9.17) is 15.7 Å². The summed E-state index contributed by atoms with van der Waals surface area (Å²) in [4.78, 5) is 88.3. The number of carbonyl (C=O) groups excluding carboxylic acids is 5. The van der Waals surface area contributed by atoms with Crippen molar-refractivity contribution in [3.05, 3.63) is 65.1 Å². The summed E-state index contributed by atoms with van der Waals surface area (Å²) in [5.74, 6) is 0.267. The van der Waals surface area contributed by atoms with E-state index in [2.05, 4.69) is 36.4 Å². The van der Waals surface area contributed by atoms with E-state index in [1.54, 1.807) is 22.2 Å². The quantitative estimate of drug-likeness (QED) is 0.179. The maximum atomic E-state index is 13.2. The van der Waals surface area contributed by atoms with Gasteiger partial charge in [-0.25, -0.2) is 19.7 Å². The van der Waals surface area contributed by atoms with E-state index in [0.29, 0.717) is 43.1 Å². The number of likely N-dealkylation sites (N-methyl/N-ethyl adjacent to an activating group) is 1. The molecule has 0 saturated carbocycles. The van der Waals surface area contributed by atoms with Gasteiger partial charge in [-0.05, 0) is 74.4 Å². The van der Waals surface area contributed by atoms with Crippen molar-refractivity contribution < 1.29 is 24.0 Å². The van der Waals surface area contributed by atoms with Crippen molar-refractivity contribution in [2.75, 3.05) is 81.1 Å². The van der Waals surface area contributed by atoms with E-state index >= 15 is 0 Å². The number of anilines is 4. The number of unbranched alkanes of at least 4 members (excludes halogenated alkanes) is 1. The second kappa shape index (κ2) is 16.3. The van der Waals surface area contributed by atoms with Crippen molar-refractivity contribution in [1.29, 1.82) is 0 Å². The molecule has 2 aromatic heterocycles. The molecule has 3 aromatic rings. The summed E-state index contributed by atoms with van der Waals surface area (Å²) < 4.78 is 0. The van der Waals surface area contributed by atoms with Crippen LogP contribution in [0.2, 0.25) is 0 Å². The average Bonchev–Trinajstić information content (AvgIpc) is 3.74. The highest BCUT2D eigenvalue weighted by Crippen LogP contribution is 2.31. The first-order valence-corrected chi connectivity index (χ1v) is 20.0. The second-order valence-corrected chi connectivity index (χ2v) is 15.6. The summed E-state index contributed by atoms with van der Waals surface area (Å²) in [7, 11) is 1.83. The van der Waals surface area contributed by atoms with Crippen molar-refractivity contribution in [3.8, 4) is 0 Å². The Morgan fingerprint density at radius 1 is 0.895 bits per heavy atom. The zero-order valence-corrected chi connectivity index (χ0v) is 32.4. The molecule has 1 aromatic carbocycles. The average molecular weight is 779 g/mol. The van der Waals surface area contributed by atoms with E-state index in [1.807, 2.05) is 36.2 Å². The van der Waals surface area contributed by atoms with Gasteiger partial charge in [0.05, 0.1) is 24.1 Å². The molecule has 300 valence electrons. The molecule has 17 heteroatoms. The van der Waals surface area contributed by atoms with Crippen molar-refractivity contribution in [3.63, 3.8) is 0 Å². The molecule has 1 unspecified atom stereocenters. The molecule has 4 saturated heterocycles. The summed E-state index contributed by atoms with van der Waals surface area (Å²) in [6.45, 7) is 7.77. The molecule has 6 amide bonds. The van der Waals surface area contributed by atoms with Gasteiger partial charge in [0.1, 0.15) is 17.7 Å². The minimum absolute atomic E-state index is 0.0445. The zero-order chi connectivity index (χ0) is 39.6. The molecule has 0 bridgehead atoms. The monoisotopic (exact) mass is 778 g/mol. The molecule has 2 atom stereocenters. The van der Waals surface area contributed by atoms with Crippen LogP contribution in [0.5, 0.6) is 0 Å². The number of urea groups is 1. The number of nitrogens with one attached hydrogen (secondary N) is 2. The summed E-state index contributed by atoms with van der Waals surface area (Å²) in [6, 6.07) is 9.25. The summed E-state index contributed by atoms with van der Waals surface area (Å²) in [5, 5.41) is 5.59. The van der Waals surface area contributed by atoms with Gasteiger partial charge in [-0.2, -0.15) is 0 Å². The minimum atomic E-state index is -0.681. The third-order valence-electron chi connectivity index (χ3n) is 12.0. The molecule has 5 aliphatic heterocycles.